The normalized spacial score (nSPS) is 11.0. The molecule has 2 aromatic heterocycles. The van der Waals surface area contributed by atoms with Crippen LogP contribution in [0, 0.1) is 0 Å². The number of thioether (sulfide) groups is 1. The summed E-state index contributed by atoms with van der Waals surface area (Å²) in [6, 6.07) is 19.5. The monoisotopic (exact) mass is 427 g/mol. The van der Waals surface area contributed by atoms with E-state index in [0.717, 1.165) is 27.1 Å². The van der Waals surface area contributed by atoms with E-state index in [4.69, 9.17) is 10.4 Å². The molecule has 4 rings (SSSR count). The van der Waals surface area contributed by atoms with Crippen LogP contribution < -0.4 is 5.84 Å². The number of nitrogen functional groups attached to an aromatic ring is 1. The number of halogens is 1. The predicted octanol–water partition coefficient (Wildman–Crippen LogP) is 4.37. The van der Waals surface area contributed by atoms with Gasteiger partial charge in [-0.1, -0.05) is 75.3 Å². The number of nitrogens with zero attached hydrogens (tertiary/aromatic N) is 4. The Morgan fingerprint density at radius 3 is 2.62 bits per heavy atom. The Labute approximate surface area is 162 Å². The van der Waals surface area contributed by atoms with Crippen LogP contribution in [0.5, 0.6) is 0 Å². The Kier molecular flexibility index (Phi) is 4.77. The van der Waals surface area contributed by atoms with Crippen LogP contribution in [0.15, 0.2) is 74.8 Å². The molecule has 0 saturated carbocycles. The second kappa shape index (κ2) is 7.35. The Morgan fingerprint density at radius 1 is 1.04 bits per heavy atom. The molecule has 0 unspecified atom stereocenters. The average molecular weight is 428 g/mol. The average Bonchev–Trinajstić information content (AvgIpc) is 3.28. The van der Waals surface area contributed by atoms with Gasteiger partial charge in [0.15, 0.2) is 11.6 Å². The first-order chi connectivity index (χ1) is 12.7. The third kappa shape index (κ3) is 3.38. The van der Waals surface area contributed by atoms with Crippen LogP contribution in [0.2, 0.25) is 0 Å². The first-order valence-electron chi connectivity index (χ1n) is 7.81. The lowest BCUT2D eigenvalue weighted by molar-refractivity contribution is 0.426. The van der Waals surface area contributed by atoms with E-state index < -0.39 is 0 Å². The minimum Gasteiger partial charge on any atom is -0.356 e. The molecule has 4 aromatic rings. The second-order valence-corrected chi connectivity index (χ2v) is 7.29. The molecule has 0 aliphatic heterocycles. The standard InChI is InChI=1S/C18H14BrN5OS/c19-15-9-5-4-8-14(15)17-21-22-18(24(17)20)26-11-13-10-16(25-23-13)12-6-2-1-3-7-12/h1-10H,11,20H2. The molecule has 0 atom stereocenters. The van der Waals surface area contributed by atoms with Crippen molar-refractivity contribution in [2.75, 3.05) is 5.84 Å². The van der Waals surface area contributed by atoms with Gasteiger partial charge in [0.25, 0.3) is 0 Å². The third-order valence-corrected chi connectivity index (χ3v) is 5.41. The number of hydrogen-bond donors (Lipinski definition) is 1. The van der Waals surface area contributed by atoms with Crippen molar-refractivity contribution < 1.29 is 4.52 Å². The molecule has 2 aromatic carbocycles. The maximum absolute atomic E-state index is 6.17. The first-order valence-corrected chi connectivity index (χ1v) is 9.59. The van der Waals surface area contributed by atoms with Gasteiger partial charge >= 0.3 is 0 Å². The number of aromatic nitrogens is 4. The minimum absolute atomic E-state index is 0.585. The van der Waals surface area contributed by atoms with Gasteiger partial charge in [-0.3, -0.25) is 0 Å². The maximum atomic E-state index is 6.17. The Balaban J connectivity index is 1.50. The molecule has 0 radical (unpaired) electrons. The van der Waals surface area contributed by atoms with Gasteiger partial charge in [-0.2, -0.15) is 0 Å². The van der Waals surface area contributed by atoms with Crippen molar-refractivity contribution in [2.45, 2.75) is 10.9 Å². The predicted molar refractivity (Wildman–Crippen MR) is 105 cm³/mol. The largest absolute Gasteiger partial charge is 0.356 e. The molecular formula is C18H14BrN5OS. The van der Waals surface area contributed by atoms with Crippen LogP contribution in [-0.2, 0) is 5.75 Å². The van der Waals surface area contributed by atoms with Crippen molar-refractivity contribution in [1.29, 1.82) is 0 Å². The number of nitrogens with two attached hydrogens (primary N) is 1. The minimum atomic E-state index is 0.585. The molecule has 0 aliphatic carbocycles. The zero-order chi connectivity index (χ0) is 17.9. The molecule has 2 N–H and O–H groups in total. The molecule has 2 heterocycles. The zero-order valence-electron chi connectivity index (χ0n) is 13.5. The summed E-state index contributed by atoms with van der Waals surface area (Å²) in [7, 11) is 0. The quantitative estimate of drug-likeness (QED) is 0.376. The van der Waals surface area contributed by atoms with E-state index in [1.165, 1.54) is 16.4 Å². The van der Waals surface area contributed by atoms with Crippen LogP contribution in [0.25, 0.3) is 22.7 Å². The summed E-state index contributed by atoms with van der Waals surface area (Å²) < 4.78 is 7.82. The van der Waals surface area contributed by atoms with Gasteiger partial charge in [-0.25, -0.2) is 4.68 Å². The maximum Gasteiger partial charge on any atom is 0.210 e. The zero-order valence-corrected chi connectivity index (χ0v) is 15.9. The number of rotatable bonds is 5. The van der Waals surface area contributed by atoms with E-state index in [9.17, 15) is 0 Å². The van der Waals surface area contributed by atoms with Crippen molar-refractivity contribution in [3.63, 3.8) is 0 Å². The molecule has 0 amide bonds. The van der Waals surface area contributed by atoms with E-state index in [0.29, 0.717) is 16.7 Å². The molecule has 0 spiro atoms. The smallest absolute Gasteiger partial charge is 0.210 e. The van der Waals surface area contributed by atoms with Gasteiger partial charge in [0, 0.05) is 27.4 Å². The van der Waals surface area contributed by atoms with E-state index in [-0.39, 0.29) is 0 Å². The lowest BCUT2D eigenvalue weighted by atomic mass is 10.2. The Hall–Kier alpha value is -2.58. The molecule has 6 nitrogen and oxygen atoms in total. The van der Waals surface area contributed by atoms with Crippen molar-refractivity contribution in [3.8, 4) is 22.7 Å². The fourth-order valence-corrected chi connectivity index (χ4v) is 3.66. The molecule has 0 bridgehead atoms. The molecular weight excluding hydrogens is 414 g/mol. The van der Waals surface area contributed by atoms with Crippen LogP contribution >= 0.6 is 27.7 Å². The van der Waals surface area contributed by atoms with Gasteiger partial charge in [0.1, 0.15) is 0 Å². The fraction of sp³-hybridized carbons (Fsp3) is 0.0556. The molecule has 0 saturated heterocycles. The van der Waals surface area contributed by atoms with E-state index >= 15 is 0 Å². The Bertz CT molecular complexity index is 1030. The van der Waals surface area contributed by atoms with Gasteiger partial charge in [0.05, 0.1) is 5.69 Å². The van der Waals surface area contributed by atoms with E-state index in [2.05, 4.69) is 31.3 Å². The summed E-state index contributed by atoms with van der Waals surface area (Å²) in [6.45, 7) is 0. The topological polar surface area (TPSA) is 82.8 Å². The lowest BCUT2D eigenvalue weighted by Gasteiger charge is -2.04. The number of hydrogen-bond acceptors (Lipinski definition) is 6. The highest BCUT2D eigenvalue weighted by Crippen LogP contribution is 2.29. The molecule has 0 fully saturated rings. The van der Waals surface area contributed by atoms with Crippen molar-refractivity contribution in [2.24, 2.45) is 0 Å². The SMILES string of the molecule is Nn1c(SCc2cc(-c3ccccc3)on2)nnc1-c1ccccc1Br. The van der Waals surface area contributed by atoms with Crippen LogP contribution in [0.4, 0.5) is 0 Å². The van der Waals surface area contributed by atoms with Crippen LogP contribution in [-0.4, -0.2) is 20.0 Å². The summed E-state index contributed by atoms with van der Waals surface area (Å²) in [4.78, 5) is 0. The van der Waals surface area contributed by atoms with Crippen molar-refractivity contribution in [3.05, 3.63) is 70.8 Å². The highest BCUT2D eigenvalue weighted by molar-refractivity contribution is 9.10. The van der Waals surface area contributed by atoms with E-state index in [1.54, 1.807) is 0 Å². The number of benzene rings is 2. The van der Waals surface area contributed by atoms with E-state index in [1.807, 2.05) is 60.7 Å². The molecule has 26 heavy (non-hydrogen) atoms. The van der Waals surface area contributed by atoms with Crippen LogP contribution in [0.3, 0.4) is 0 Å². The molecule has 8 heteroatoms. The summed E-state index contributed by atoms with van der Waals surface area (Å²) in [5, 5.41) is 13.1. The van der Waals surface area contributed by atoms with Gasteiger partial charge in [-0.05, 0) is 12.1 Å². The fourth-order valence-electron chi connectivity index (χ4n) is 2.46. The summed E-state index contributed by atoms with van der Waals surface area (Å²) in [6.07, 6.45) is 0. The van der Waals surface area contributed by atoms with Gasteiger partial charge < -0.3 is 10.4 Å². The third-order valence-electron chi connectivity index (χ3n) is 3.75. The summed E-state index contributed by atoms with van der Waals surface area (Å²) >= 11 is 4.97. The summed E-state index contributed by atoms with van der Waals surface area (Å²) in [5.41, 5.74) is 2.70. The second-order valence-electron chi connectivity index (χ2n) is 5.49. The highest BCUT2D eigenvalue weighted by Gasteiger charge is 2.15. The van der Waals surface area contributed by atoms with Crippen LogP contribution in [0.1, 0.15) is 5.69 Å². The van der Waals surface area contributed by atoms with Crippen molar-refractivity contribution >= 4 is 27.7 Å². The summed E-state index contributed by atoms with van der Waals surface area (Å²) in [5.74, 6) is 8.10. The molecule has 0 aliphatic rings. The first kappa shape index (κ1) is 16.9. The van der Waals surface area contributed by atoms with Crippen molar-refractivity contribution in [1.82, 2.24) is 20.0 Å². The molecule has 130 valence electrons. The highest BCUT2D eigenvalue weighted by atomic mass is 79.9. The Morgan fingerprint density at radius 2 is 1.81 bits per heavy atom. The van der Waals surface area contributed by atoms with Gasteiger partial charge in [-0.15, -0.1) is 10.2 Å². The van der Waals surface area contributed by atoms with Gasteiger partial charge in [0.2, 0.25) is 5.16 Å². The lowest BCUT2D eigenvalue weighted by Crippen LogP contribution is -2.11.